The molecule has 0 bridgehead atoms. The molecule has 2 nitrogen and oxygen atoms in total. The van der Waals surface area contributed by atoms with Gasteiger partial charge in [-0.1, -0.05) is 11.9 Å². The van der Waals surface area contributed by atoms with Crippen LogP contribution in [0.25, 0.3) is 0 Å². The monoisotopic (exact) mass is 186 g/mol. The zero-order valence-electron chi connectivity index (χ0n) is 7.89. The van der Waals surface area contributed by atoms with Crippen molar-refractivity contribution in [3.8, 4) is 0 Å². The predicted molar refractivity (Wildman–Crippen MR) is 54.2 cm³/mol. The quantitative estimate of drug-likeness (QED) is 0.651. The molecule has 0 radical (unpaired) electrons. The van der Waals surface area contributed by atoms with Crippen molar-refractivity contribution in [2.45, 2.75) is 37.0 Å². The van der Waals surface area contributed by atoms with Gasteiger partial charge in [0.1, 0.15) is 0 Å². The maximum absolute atomic E-state index is 3.35. The first-order chi connectivity index (χ1) is 5.78. The molecule has 70 valence electrons. The number of nitrogens with one attached hydrogen (secondary N) is 2. The Labute approximate surface area is 79.0 Å². The van der Waals surface area contributed by atoms with Gasteiger partial charge < -0.3 is 5.32 Å². The number of hydrogen-bond acceptors (Lipinski definition) is 3. The highest BCUT2D eigenvalue weighted by Crippen LogP contribution is 2.58. The van der Waals surface area contributed by atoms with Crippen LogP contribution in [-0.2, 0) is 0 Å². The molecular weight excluding hydrogens is 168 g/mol. The Morgan fingerprint density at radius 1 is 1.17 bits per heavy atom. The largest absolute Gasteiger partial charge is 0.317 e. The summed E-state index contributed by atoms with van der Waals surface area (Å²) >= 11 is 1.91. The van der Waals surface area contributed by atoms with Gasteiger partial charge in [-0.25, -0.2) is 0 Å². The van der Waals surface area contributed by atoms with Crippen LogP contribution in [0, 0.1) is 5.41 Å². The van der Waals surface area contributed by atoms with Gasteiger partial charge >= 0.3 is 0 Å². The van der Waals surface area contributed by atoms with Crippen LogP contribution in [0.1, 0.15) is 25.7 Å². The van der Waals surface area contributed by atoms with Crippen LogP contribution in [0.15, 0.2) is 0 Å². The predicted octanol–water partition coefficient (Wildman–Crippen LogP) is 1.38. The molecule has 1 spiro atoms. The number of hydrogen-bond donors (Lipinski definition) is 2. The Morgan fingerprint density at radius 3 is 2.33 bits per heavy atom. The average Bonchev–Trinajstić information content (AvgIpc) is 1.91. The molecule has 0 aliphatic heterocycles. The second-order valence-electron chi connectivity index (χ2n) is 4.25. The molecule has 0 amide bonds. The van der Waals surface area contributed by atoms with Crippen molar-refractivity contribution in [3.05, 3.63) is 0 Å². The Bertz CT molecular complexity index is 158. The maximum atomic E-state index is 3.35. The molecule has 3 heteroatoms. The van der Waals surface area contributed by atoms with Gasteiger partial charge in [0.25, 0.3) is 0 Å². The molecule has 2 saturated carbocycles. The van der Waals surface area contributed by atoms with Crippen LogP contribution < -0.4 is 10.0 Å². The van der Waals surface area contributed by atoms with E-state index in [1.54, 1.807) is 0 Å². The first-order valence-corrected chi connectivity index (χ1v) is 5.66. The Kier molecular flexibility index (Phi) is 2.36. The van der Waals surface area contributed by atoms with Crippen LogP contribution in [0.5, 0.6) is 0 Å². The molecular formula is C9H18N2S. The Balaban J connectivity index is 1.69. The lowest BCUT2D eigenvalue weighted by atomic mass is 9.54. The van der Waals surface area contributed by atoms with E-state index in [2.05, 4.69) is 17.1 Å². The van der Waals surface area contributed by atoms with Crippen molar-refractivity contribution >= 4 is 11.9 Å². The minimum Gasteiger partial charge on any atom is -0.317 e. The van der Waals surface area contributed by atoms with Crippen molar-refractivity contribution in [2.24, 2.45) is 5.41 Å². The fraction of sp³-hybridized carbons (Fsp3) is 1.00. The summed E-state index contributed by atoms with van der Waals surface area (Å²) in [7, 11) is 4.10. The maximum Gasteiger partial charge on any atom is 0.0203 e. The van der Waals surface area contributed by atoms with Crippen molar-refractivity contribution in [1.82, 2.24) is 10.0 Å². The van der Waals surface area contributed by atoms with E-state index in [1.165, 1.54) is 25.7 Å². The van der Waals surface area contributed by atoms with Crippen LogP contribution in [0.3, 0.4) is 0 Å². The van der Waals surface area contributed by atoms with Gasteiger partial charge in [0, 0.05) is 11.3 Å². The van der Waals surface area contributed by atoms with Crippen molar-refractivity contribution in [1.29, 1.82) is 0 Å². The molecule has 0 aromatic rings. The Hall–Kier alpha value is 0.270. The van der Waals surface area contributed by atoms with E-state index in [1.807, 2.05) is 19.0 Å². The molecule has 2 rings (SSSR count). The van der Waals surface area contributed by atoms with E-state index in [0.717, 1.165) is 16.7 Å². The van der Waals surface area contributed by atoms with Crippen LogP contribution in [0.4, 0.5) is 0 Å². The van der Waals surface area contributed by atoms with E-state index in [4.69, 9.17) is 0 Å². The number of rotatable bonds is 3. The van der Waals surface area contributed by atoms with Crippen LogP contribution >= 0.6 is 11.9 Å². The summed E-state index contributed by atoms with van der Waals surface area (Å²) in [6.07, 6.45) is 5.72. The third-order valence-electron chi connectivity index (χ3n) is 3.37. The molecule has 0 atom stereocenters. The zero-order valence-corrected chi connectivity index (χ0v) is 8.71. The minimum atomic E-state index is 0.766. The van der Waals surface area contributed by atoms with Gasteiger partial charge in [0.05, 0.1) is 0 Å². The van der Waals surface area contributed by atoms with Crippen molar-refractivity contribution < 1.29 is 0 Å². The third-order valence-corrected chi connectivity index (χ3v) is 4.28. The summed E-state index contributed by atoms with van der Waals surface area (Å²) in [5.74, 6) is 0. The van der Waals surface area contributed by atoms with E-state index in [0.29, 0.717) is 0 Å². The van der Waals surface area contributed by atoms with Gasteiger partial charge in [-0.3, -0.25) is 4.72 Å². The van der Waals surface area contributed by atoms with Gasteiger partial charge in [0.15, 0.2) is 0 Å². The molecule has 0 aromatic heterocycles. The van der Waals surface area contributed by atoms with Crippen molar-refractivity contribution in [2.75, 3.05) is 14.1 Å². The molecule has 0 aromatic carbocycles. The topological polar surface area (TPSA) is 24.1 Å². The molecule has 2 fully saturated rings. The summed E-state index contributed by atoms with van der Waals surface area (Å²) in [5, 5.41) is 4.25. The highest BCUT2D eigenvalue weighted by atomic mass is 32.2. The summed E-state index contributed by atoms with van der Waals surface area (Å²) < 4.78 is 3.18. The normalized spacial score (nSPS) is 45.5. The second kappa shape index (κ2) is 3.20. The minimum absolute atomic E-state index is 0.766. The second-order valence-corrected chi connectivity index (χ2v) is 5.56. The highest BCUT2D eigenvalue weighted by Gasteiger charge is 2.52. The molecule has 0 saturated heterocycles. The summed E-state index contributed by atoms with van der Waals surface area (Å²) in [6.45, 7) is 0. The Morgan fingerprint density at radius 2 is 1.83 bits per heavy atom. The van der Waals surface area contributed by atoms with Crippen LogP contribution in [-0.4, -0.2) is 25.4 Å². The fourth-order valence-corrected chi connectivity index (χ4v) is 3.89. The van der Waals surface area contributed by atoms with E-state index in [9.17, 15) is 0 Å². The molecule has 12 heavy (non-hydrogen) atoms. The summed E-state index contributed by atoms with van der Waals surface area (Å²) in [4.78, 5) is 0. The molecule has 0 heterocycles. The van der Waals surface area contributed by atoms with Gasteiger partial charge in [-0.05, 0) is 45.2 Å². The lowest BCUT2D eigenvalue weighted by Crippen LogP contribution is -2.55. The first kappa shape index (κ1) is 8.85. The van der Waals surface area contributed by atoms with E-state index < -0.39 is 0 Å². The SMILES string of the molecule is CNSC1CC2(CC(NC)C2)C1. The lowest BCUT2D eigenvalue weighted by molar-refractivity contribution is 0.00654. The van der Waals surface area contributed by atoms with Gasteiger partial charge in [0.2, 0.25) is 0 Å². The van der Waals surface area contributed by atoms with Gasteiger partial charge in [-0.15, -0.1) is 0 Å². The third kappa shape index (κ3) is 1.38. The smallest absolute Gasteiger partial charge is 0.0203 e. The van der Waals surface area contributed by atoms with Crippen LogP contribution in [0.2, 0.25) is 0 Å². The standard InChI is InChI=1S/C9H18N2S/c1-10-7-3-9(4-7)5-8(6-9)12-11-2/h7-8,10-11H,3-6H2,1-2H3. The van der Waals surface area contributed by atoms with Crippen molar-refractivity contribution in [3.63, 3.8) is 0 Å². The van der Waals surface area contributed by atoms with E-state index in [-0.39, 0.29) is 0 Å². The molecule has 2 aliphatic rings. The van der Waals surface area contributed by atoms with E-state index >= 15 is 0 Å². The summed E-state index contributed by atoms with van der Waals surface area (Å²) in [5.41, 5.74) is 0.766. The first-order valence-electron chi connectivity index (χ1n) is 4.78. The lowest BCUT2D eigenvalue weighted by Gasteiger charge is -2.57. The summed E-state index contributed by atoms with van der Waals surface area (Å²) in [6, 6.07) is 0.825. The van der Waals surface area contributed by atoms with Gasteiger partial charge in [-0.2, -0.15) is 0 Å². The molecule has 0 unspecified atom stereocenters. The fourth-order valence-electron chi connectivity index (χ4n) is 2.68. The zero-order chi connectivity index (χ0) is 8.60. The average molecular weight is 186 g/mol. The molecule has 2 N–H and O–H groups in total. The molecule has 2 aliphatic carbocycles. The highest BCUT2D eigenvalue weighted by molar-refractivity contribution is 7.98.